The molecule has 0 aromatic rings. The molecule has 3 N–H and O–H groups in total. The predicted octanol–water partition coefficient (Wildman–Crippen LogP) is -0.189. The van der Waals surface area contributed by atoms with Gasteiger partial charge in [0.05, 0.1) is 0 Å². The SMILES string of the molecule is CC[C@H](C)[C@@H](CN1CCC[C@H]1C(=O)N[C@@H](CCS(C)(=O)=O)C(=O)O)NC[C@@H]([AsH2])CS. The van der Waals surface area contributed by atoms with E-state index in [-0.39, 0.29) is 30.2 Å². The second-order valence-corrected chi connectivity index (χ2v) is 12.9. The first kappa shape index (κ1) is 27.8. The number of hydrogen-bond donors (Lipinski definition) is 4. The Bertz CT molecular complexity index is 665. The normalized spacial score (nSPS) is 21.7. The van der Waals surface area contributed by atoms with Crippen molar-refractivity contribution < 1.29 is 23.1 Å². The topological polar surface area (TPSA) is 116 Å². The quantitative estimate of drug-likeness (QED) is 0.183. The molecule has 1 rings (SSSR count). The Morgan fingerprint density at radius 3 is 2.57 bits per heavy atom. The van der Waals surface area contributed by atoms with Crippen LogP contribution in [-0.4, -0.2) is 103 Å². The van der Waals surface area contributed by atoms with Crippen LogP contribution in [-0.2, 0) is 19.4 Å². The van der Waals surface area contributed by atoms with Gasteiger partial charge in [0.1, 0.15) is 9.84 Å². The summed E-state index contributed by atoms with van der Waals surface area (Å²) >= 11 is 6.02. The van der Waals surface area contributed by atoms with Gasteiger partial charge in [-0.15, -0.1) is 0 Å². The van der Waals surface area contributed by atoms with E-state index in [4.69, 9.17) is 0 Å². The number of hydrogen-bond acceptors (Lipinski definition) is 7. The Kier molecular flexibility index (Phi) is 12.3. The van der Waals surface area contributed by atoms with Gasteiger partial charge in [0, 0.05) is 6.26 Å². The Labute approximate surface area is 195 Å². The van der Waals surface area contributed by atoms with Crippen molar-refractivity contribution in [2.75, 3.05) is 37.4 Å². The molecule has 1 heterocycles. The zero-order chi connectivity index (χ0) is 22.9. The zero-order valence-electron chi connectivity index (χ0n) is 18.2. The number of sulfone groups is 1. The van der Waals surface area contributed by atoms with Gasteiger partial charge in [-0.2, -0.15) is 0 Å². The Morgan fingerprint density at radius 1 is 1.37 bits per heavy atom. The van der Waals surface area contributed by atoms with Crippen molar-refractivity contribution in [3.63, 3.8) is 0 Å². The molecule has 0 aliphatic carbocycles. The fraction of sp³-hybridized carbons (Fsp3) is 0.895. The van der Waals surface area contributed by atoms with Gasteiger partial charge in [-0.1, -0.05) is 0 Å². The Hall–Kier alpha value is -0.282. The first-order chi connectivity index (χ1) is 14.0. The number of rotatable bonds is 14. The fourth-order valence-electron chi connectivity index (χ4n) is 3.55. The molecule has 0 aromatic heterocycles. The molecular weight excluding hydrogens is 489 g/mol. The van der Waals surface area contributed by atoms with Gasteiger partial charge in [-0.05, 0) is 0 Å². The van der Waals surface area contributed by atoms with Crippen molar-refractivity contribution in [3.05, 3.63) is 0 Å². The number of carboxylic acids is 1. The third-order valence-electron chi connectivity index (χ3n) is 5.70. The number of nitrogens with one attached hydrogen (secondary N) is 2. The number of carbonyl (C=O) groups is 2. The molecule has 6 atom stereocenters. The average molecular weight is 528 g/mol. The summed E-state index contributed by atoms with van der Waals surface area (Å²) in [6.45, 7) is 6.75. The van der Waals surface area contributed by atoms with Crippen LogP contribution in [0.3, 0.4) is 0 Å². The summed E-state index contributed by atoms with van der Waals surface area (Å²) in [5, 5.41) is 15.6. The number of likely N-dealkylation sites (tertiary alicyclic amines) is 1. The molecular formula is C19H38AsN3O5S2. The molecule has 1 aliphatic rings. The number of nitrogens with zero attached hydrogens (tertiary/aromatic N) is 1. The molecule has 1 aliphatic heterocycles. The second-order valence-electron chi connectivity index (χ2n) is 8.31. The van der Waals surface area contributed by atoms with E-state index >= 15 is 0 Å². The van der Waals surface area contributed by atoms with Gasteiger partial charge in [-0.3, -0.25) is 0 Å². The summed E-state index contributed by atoms with van der Waals surface area (Å²) < 4.78 is 23.3. The van der Waals surface area contributed by atoms with Crippen molar-refractivity contribution in [2.45, 2.75) is 62.4 Å². The molecule has 1 amide bonds. The third-order valence-corrected chi connectivity index (χ3v) is 8.96. The second kappa shape index (κ2) is 13.3. The predicted molar refractivity (Wildman–Crippen MR) is 126 cm³/mol. The summed E-state index contributed by atoms with van der Waals surface area (Å²) in [5.41, 5.74) is 0. The van der Waals surface area contributed by atoms with Crippen LogP contribution >= 0.6 is 12.6 Å². The molecule has 1 unspecified atom stereocenters. The summed E-state index contributed by atoms with van der Waals surface area (Å²) in [5.74, 6) is -0.542. The molecule has 0 radical (unpaired) electrons. The van der Waals surface area contributed by atoms with Gasteiger partial charge in [0.25, 0.3) is 0 Å². The number of carboxylic acid groups (broad SMARTS) is 1. The van der Waals surface area contributed by atoms with Crippen molar-refractivity contribution in [1.82, 2.24) is 15.5 Å². The standard InChI is InChI=1S/C19H38AsN3O5S2/c1-4-13(2)16(21-10-14(20)12-29)11-23-8-5-6-17(23)18(24)22-15(19(25)26)7-9-30(3,27)28/h13-17,21,29H,4-12,20H2,1-3H3,(H,22,24)(H,25,26)/t13-,14+,15-,16+,17-/m0/s1. The van der Waals surface area contributed by atoms with E-state index in [9.17, 15) is 23.1 Å². The van der Waals surface area contributed by atoms with Crippen LogP contribution in [0.15, 0.2) is 0 Å². The van der Waals surface area contributed by atoms with Crippen LogP contribution in [0.2, 0.25) is 4.71 Å². The first-order valence-corrected chi connectivity index (χ1v) is 14.6. The van der Waals surface area contributed by atoms with E-state index < -0.39 is 21.8 Å². The molecule has 176 valence electrons. The zero-order valence-corrected chi connectivity index (χ0v) is 22.3. The maximum atomic E-state index is 12.8. The molecule has 0 bridgehead atoms. The molecule has 0 aromatic carbocycles. The van der Waals surface area contributed by atoms with Crippen LogP contribution in [0.1, 0.15) is 39.5 Å². The van der Waals surface area contributed by atoms with Gasteiger partial charge >= 0.3 is 171 Å². The Balaban J connectivity index is 2.77. The van der Waals surface area contributed by atoms with Crippen LogP contribution in [0.5, 0.6) is 0 Å². The minimum atomic E-state index is -3.30. The summed E-state index contributed by atoms with van der Waals surface area (Å²) in [6.07, 6.45) is 3.50. The van der Waals surface area contributed by atoms with Crippen LogP contribution in [0, 0.1) is 5.92 Å². The Morgan fingerprint density at radius 2 is 2.03 bits per heavy atom. The van der Waals surface area contributed by atoms with Crippen molar-refractivity contribution in [2.24, 2.45) is 5.92 Å². The third kappa shape index (κ3) is 9.90. The van der Waals surface area contributed by atoms with E-state index in [1.807, 2.05) is 0 Å². The minimum absolute atomic E-state index is 0.132. The molecule has 1 saturated heterocycles. The van der Waals surface area contributed by atoms with Crippen molar-refractivity contribution in [3.8, 4) is 0 Å². The number of aliphatic carboxylic acids is 1. The van der Waals surface area contributed by atoms with E-state index in [1.165, 1.54) is 0 Å². The fourth-order valence-corrected chi connectivity index (χ4v) is 4.63. The summed E-state index contributed by atoms with van der Waals surface area (Å²) in [6, 6.07) is -1.34. The molecule has 30 heavy (non-hydrogen) atoms. The van der Waals surface area contributed by atoms with Crippen molar-refractivity contribution >= 4 is 51.2 Å². The molecule has 0 spiro atoms. The van der Waals surface area contributed by atoms with E-state index in [0.717, 1.165) is 44.5 Å². The average Bonchev–Trinajstić information content (AvgIpc) is 3.14. The monoisotopic (exact) mass is 527 g/mol. The molecule has 1 fully saturated rings. The van der Waals surface area contributed by atoms with Gasteiger partial charge in [0.2, 0.25) is 0 Å². The number of thiol groups is 1. The van der Waals surface area contributed by atoms with E-state index in [1.54, 1.807) is 16.9 Å². The van der Waals surface area contributed by atoms with Gasteiger partial charge < -0.3 is 0 Å². The van der Waals surface area contributed by atoms with Gasteiger partial charge in [0.15, 0.2) is 0 Å². The van der Waals surface area contributed by atoms with Crippen LogP contribution in [0.4, 0.5) is 0 Å². The molecule has 0 saturated carbocycles. The van der Waals surface area contributed by atoms with E-state index in [2.05, 4.69) is 42.0 Å². The molecule has 11 heteroatoms. The number of amides is 1. The summed E-state index contributed by atoms with van der Waals surface area (Å²) in [4.78, 5) is 26.5. The van der Waals surface area contributed by atoms with Gasteiger partial charge in [-0.25, -0.2) is 8.42 Å². The van der Waals surface area contributed by atoms with Crippen molar-refractivity contribution in [1.29, 1.82) is 0 Å². The number of carbonyl (C=O) groups excluding carboxylic acids is 1. The maximum absolute atomic E-state index is 12.8. The van der Waals surface area contributed by atoms with E-state index in [0.29, 0.717) is 17.0 Å². The van der Waals surface area contributed by atoms with Crippen LogP contribution < -0.4 is 10.6 Å². The summed E-state index contributed by atoms with van der Waals surface area (Å²) in [7, 11) is -3.30. The van der Waals surface area contributed by atoms with Crippen LogP contribution in [0.25, 0.3) is 0 Å². The first-order valence-electron chi connectivity index (χ1n) is 10.5. The molecule has 8 nitrogen and oxygen atoms in total.